The normalized spacial score (nSPS) is 15.8. The zero-order valence-corrected chi connectivity index (χ0v) is 18.5. The van der Waals surface area contributed by atoms with Crippen LogP contribution in [-0.4, -0.2) is 46.6 Å². The zero-order chi connectivity index (χ0) is 21.6. The monoisotopic (exact) mass is 457 g/mol. The number of H-pyrrole nitrogens is 1. The fourth-order valence-corrected chi connectivity index (χ4v) is 4.07. The number of hydrogen-bond acceptors (Lipinski definition) is 4. The molecule has 1 saturated heterocycles. The van der Waals surface area contributed by atoms with Gasteiger partial charge >= 0.3 is 5.56 Å². The fourth-order valence-electron chi connectivity index (χ4n) is 4.07. The first-order valence-electron chi connectivity index (χ1n) is 10.7. The molecule has 1 unspecified atom stereocenters. The fraction of sp³-hybridized carbons (Fsp3) is 0.348. The summed E-state index contributed by atoms with van der Waals surface area (Å²) >= 11 is 0. The highest BCUT2D eigenvalue weighted by Gasteiger charge is 2.27. The maximum atomic E-state index is 13.1. The van der Waals surface area contributed by atoms with Crippen LogP contribution in [0.5, 0.6) is 0 Å². The van der Waals surface area contributed by atoms with Crippen LogP contribution in [0.1, 0.15) is 25.0 Å². The lowest BCUT2D eigenvalue weighted by Crippen LogP contribution is -3.14. The zero-order valence-electron chi connectivity index (χ0n) is 17.8. The maximum Gasteiger partial charge on any atom is 0.406 e. The molecule has 8 nitrogen and oxygen atoms in total. The molecule has 3 N–H and O–H groups in total. The molecule has 170 valence electrons. The van der Waals surface area contributed by atoms with Crippen LogP contribution in [0.4, 0.5) is 5.69 Å². The van der Waals surface area contributed by atoms with E-state index in [4.69, 9.17) is 0 Å². The number of benzene rings is 2. The minimum atomic E-state index is -0.691. The van der Waals surface area contributed by atoms with Crippen molar-refractivity contribution >= 4 is 11.6 Å². The van der Waals surface area contributed by atoms with E-state index < -0.39 is 17.6 Å². The Hall–Kier alpha value is -2.94. The van der Waals surface area contributed by atoms with Gasteiger partial charge in [-0.2, -0.15) is 4.68 Å². The summed E-state index contributed by atoms with van der Waals surface area (Å²) in [6, 6.07) is 17.9. The van der Waals surface area contributed by atoms with Crippen LogP contribution >= 0.6 is 0 Å². The van der Waals surface area contributed by atoms with Crippen LogP contribution < -0.4 is 32.7 Å². The minimum Gasteiger partial charge on any atom is -1.00 e. The molecular formula is C23H28ClN5O3. The highest BCUT2D eigenvalue weighted by Crippen LogP contribution is 2.10. The lowest BCUT2D eigenvalue weighted by Gasteiger charge is -2.25. The second-order valence-electron chi connectivity index (χ2n) is 7.96. The second kappa shape index (κ2) is 11.1. The van der Waals surface area contributed by atoms with Gasteiger partial charge in [-0.05, 0) is 43.5 Å². The Morgan fingerprint density at radius 3 is 2.38 bits per heavy atom. The standard InChI is InChI=1S/C23H27N5O3.ClH/c29-20(16-26-14-8-3-9-15-26)17-27-21(22(30)24-18-10-4-1-5-11-18)23(31)28(25-27)19-12-6-2-7-13-19;/h1-2,4-7,10-13,20,29H,3,8-9,14-17H2,(H-,24,25,30,31);1H. The molecule has 1 atom stereocenters. The molecule has 1 aliphatic rings. The van der Waals surface area contributed by atoms with Crippen LogP contribution in [-0.2, 0) is 6.54 Å². The van der Waals surface area contributed by atoms with E-state index in [0.717, 1.165) is 25.9 Å². The lowest BCUT2D eigenvalue weighted by molar-refractivity contribution is -0.911. The van der Waals surface area contributed by atoms with Crippen molar-refractivity contribution in [1.82, 2.24) is 9.90 Å². The van der Waals surface area contributed by atoms with E-state index in [2.05, 4.69) is 10.2 Å². The molecule has 4 rings (SSSR count). The van der Waals surface area contributed by atoms with Gasteiger partial charge in [0.15, 0.2) is 5.69 Å². The lowest BCUT2D eigenvalue weighted by atomic mass is 10.1. The van der Waals surface area contributed by atoms with Crippen molar-refractivity contribution in [3.63, 3.8) is 0 Å². The number of hydrogen-bond donors (Lipinski definition) is 3. The number of aromatic amines is 1. The van der Waals surface area contributed by atoms with E-state index in [1.807, 2.05) is 24.3 Å². The van der Waals surface area contributed by atoms with Gasteiger partial charge in [-0.1, -0.05) is 46.3 Å². The number of halogens is 1. The first kappa shape index (κ1) is 23.7. The predicted molar refractivity (Wildman–Crippen MR) is 115 cm³/mol. The SMILES string of the molecule is O=c1c(C([O-])=Nc2ccccc2)[n+](CC(O)C[NH+]2CCCCC2)[nH]n1-c1ccccc1.[Cl-]. The quantitative estimate of drug-likeness (QED) is 0.193. The summed E-state index contributed by atoms with van der Waals surface area (Å²) < 4.78 is 2.74. The molecule has 1 aliphatic heterocycles. The highest BCUT2D eigenvalue weighted by atomic mass is 35.5. The third-order valence-electron chi connectivity index (χ3n) is 5.58. The number of quaternary nitrogens is 1. The third kappa shape index (κ3) is 5.64. The van der Waals surface area contributed by atoms with Gasteiger partial charge in [0.05, 0.1) is 18.8 Å². The summed E-state index contributed by atoms with van der Waals surface area (Å²) in [5.74, 6) is -0.639. The number of aliphatic hydroxyl groups is 1. The first-order chi connectivity index (χ1) is 15.1. The summed E-state index contributed by atoms with van der Waals surface area (Å²) in [4.78, 5) is 18.6. The summed E-state index contributed by atoms with van der Waals surface area (Å²) in [5.41, 5.74) is 0.495. The van der Waals surface area contributed by atoms with Crippen molar-refractivity contribution in [3.8, 4) is 5.69 Å². The first-order valence-corrected chi connectivity index (χ1v) is 10.7. The van der Waals surface area contributed by atoms with Crippen molar-refractivity contribution in [2.75, 3.05) is 19.6 Å². The number of aromatic nitrogens is 3. The Bertz CT molecular complexity index is 1080. The molecular weight excluding hydrogens is 430 g/mol. The molecule has 0 amide bonds. The molecule has 3 aromatic rings. The molecule has 0 spiro atoms. The largest absolute Gasteiger partial charge is 1.00 e. The van der Waals surface area contributed by atoms with Crippen molar-refractivity contribution in [2.45, 2.75) is 31.9 Å². The summed E-state index contributed by atoms with van der Waals surface area (Å²) in [6.45, 7) is 2.77. The van der Waals surface area contributed by atoms with Gasteiger partial charge in [0.25, 0.3) is 0 Å². The minimum absolute atomic E-state index is 0. The van der Waals surface area contributed by atoms with E-state index in [-0.39, 0.29) is 24.6 Å². The van der Waals surface area contributed by atoms with Crippen LogP contribution in [0.2, 0.25) is 0 Å². The van der Waals surface area contributed by atoms with E-state index in [1.54, 1.807) is 36.4 Å². The number of nitrogens with zero attached hydrogens (tertiary/aromatic N) is 3. The van der Waals surface area contributed by atoms with Crippen molar-refractivity contribution < 1.29 is 32.2 Å². The average molecular weight is 458 g/mol. The third-order valence-corrected chi connectivity index (χ3v) is 5.58. The van der Waals surface area contributed by atoms with Gasteiger partial charge in [-0.15, -0.1) is 0 Å². The van der Waals surface area contributed by atoms with Crippen LogP contribution in [0.3, 0.4) is 0 Å². The van der Waals surface area contributed by atoms with E-state index in [9.17, 15) is 15.0 Å². The summed E-state index contributed by atoms with van der Waals surface area (Å²) in [7, 11) is 0. The molecule has 32 heavy (non-hydrogen) atoms. The number of piperidine rings is 1. The van der Waals surface area contributed by atoms with Gasteiger partial charge in [0.1, 0.15) is 19.2 Å². The van der Waals surface area contributed by atoms with Crippen LogP contribution in [0, 0.1) is 0 Å². The number of para-hydroxylation sites is 2. The van der Waals surface area contributed by atoms with Gasteiger partial charge in [0.2, 0.25) is 5.69 Å². The van der Waals surface area contributed by atoms with Gasteiger partial charge < -0.3 is 27.5 Å². The van der Waals surface area contributed by atoms with Crippen molar-refractivity contribution in [3.05, 3.63) is 76.7 Å². The Morgan fingerprint density at radius 2 is 1.72 bits per heavy atom. The number of likely N-dealkylation sites (tertiary alicyclic amines) is 1. The maximum absolute atomic E-state index is 13.1. The number of aliphatic imine (C=N–C) groups is 1. The van der Waals surface area contributed by atoms with Crippen LogP contribution in [0.25, 0.3) is 5.69 Å². The molecule has 1 aromatic heterocycles. The Morgan fingerprint density at radius 1 is 1.09 bits per heavy atom. The van der Waals surface area contributed by atoms with E-state index >= 15 is 0 Å². The second-order valence-corrected chi connectivity index (χ2v) is 7.96. The molecule has 0 aliphatic carbocycles. The molecule has 0 radical (unpaired) electrons. The summed E-state index contributed by atoms with van der Waals surface area (Å²) in [5, 5.41) is 26.6. The highest BCUT2D eigenvalue weighted by molar-refractivity contribution is 5.88. The average Bonchev–Trinajstić information content (AvgIpc) is 3.11. The molecule has 2 aromatic carbocycles. The van der Waals surface area contributed by atoms with Crippen molar-refractivity contribution in [1.29, 1.82) is 0 Å². The molecule has 0 saturated carbocycles. The van der Waals surface area contributed by atoms with Gasteiger partial charge in [-0.3, -0.25) is 4.99 Å². The molecule has 0 bridgehead atoms. The Balaban J connectivity index is 0.00000289. The van der Waals surface area contributed by atoms with Crippen LogP contribution in [0.15, 0.2) is 70.5 Å². The Labute approximate surface area is 192 Å². The molecule has 2 heterocycles. The topological polar surface area (TPSA) is 102 Å². The van der Waals surface area contributed by atoms with E-state index in [0.29, 0.717) is 17.9 Å². The molecule has 9 heteroatoms. The predicted octanol–water partition coefficient (Wildman–Crippen LogP) is -3.67. The van der Waals surface area contributed by atoms with Gasteiger partial charge in [-0.25, -0.2) is 4.79 Å². The summed E-state index contributed by atoms with van der Waals surface area (Å²) in [6.07, 6.45) is 2.87. The number of rotatable bonds is 7. The van der Waals surface area contributed by atoms with Crippen molar-refractivity contribution in [2.24, 2.45) is 4.99 Å². The van der Waals surface area contributed by atoms with E-state index in [1.165, 1.54) is 20.7 Å². The molecule has 1 fully saturated rings. The Kier molecular flexibility index (Phi) is 8.21. The number of aliphatic hydroxyl groups excluding tert-OH is 1. The number of nitrogens with one attached hydrogen (secondary N) is 2. The van der Waals surface area contributed by atoms with Gasteiger partial charge in [0, 0.05) is 5.90 Å². The smallest absolute Gasteiger partial charge is 0.406 e.